The molecule has 348 valence electrons. The van der Waals surface area contributed by atoms with Crippen molar-refractivity contribution >= 4 is 0 Å². The third-order valence-corrected chi connectivity index (χ3v) is 13.4. The first kappa shape index (κ1) is 48.7. The van der Waals surface area contributed by atoms with E-state index in [4.69, 9.17) is 56.8 Å². The van der Waals surface area contributed by atoms with Crippen LogP contribution in [0.5, 0.6) is 0 Å². The number of allylic oxidation sites excluding steroid dienone is 2. The predicted molar refractivity (Wildman–Crippen MR) is 228 cm³/mol. The number of ether oxygens (including phenoxy) is 12. The monoisotopic (exact) mass is 853 g/mol. The van der Waals surface area contributed by atoms with E-state index in [1.54, 1.807) is 0 Å². The highest BCUT2D eigenvalue weighted by Gasteiger charge is 2.51. The molecule has 7 rings (SSSR count). The van der Waals surface area contributed by atoms with Crippen molar-refractivity contribution in [3.8, 4) is 0 Å². The Bertz CT molecular complexity index is 916. The molecule has 5 fully saturated rings. The SMILES string of the molecule is C1=CC2[C@@H](COCCCCOC3CCCCO3)[C@@H](COCCCCOC3CCCCO3)C1[C@@H](COCCCCOC1CCCCO1)[C@H]2COCCCCOC1CCCCO1. The number of hydrogen-bond donors (Lipinski definition) is 0. The minimum absolute atomic E-state index is 0.0284. The zero-order valence-corrected chi connectivity index (χ0v) is 37.3. The highest BCUT2D eigenvalue weighted by molar-refractivity contribution is 5.15. The van der Waals surface area contributed by atoms with Gasteiger partial charge in [-0.3, -0.25) is 0 Å². The molecule has 3 aliphatic carbocycles. The van der Waals surface area contributed by atoms with Crippen molar-refractivity contribution in [3.05, 3.63) is 12.2 Å². The lowest BCUT2D eigenvalue weighted by Gasteiger charge is -2.53. The summed E-state index contributed by atoms with van der Waals surface area (Å²) in [5.41, 5.74) is 0. The molecular weight excluding hydrogens is 769 g/mol. The first-order valence-electron chi connectivity index (χ1n) is 24.8. The van der Waals surface area contributed by atoms with Crippen LogP contribution >= 0.6 is 0 Å². The van der Waals surface area contributed by atoms with Crippen LogP contribution in [0.3, 0.4) is 0 Å². The number of unbranched alkanes of at least 4 members (excludes halogenated alkanes) is 4. The summed E-state index contributed by atoms with van der Waals surface area (Å²) in [5, 5.41) is 0. The Balaban J connectivity index is 0.978. The van der Waals surface area contributed by atoms with Gasteiger partial charge in [0.25, 0.3) is 0 Å². The summed E-state index contributed by atoms with van der Waals surface area (Å²) in [6.45, 7) is 12.1. The van der Waals surface area contributed by atoms with E-state index in [2.05, 4.69) is 12.2 Å². The number of fused-ring (bicyclic) bond motifs is 2. The Morgan fingerprint density at radius 2 is 0.567 bits per heavy atom. The van der Waals surface area contributed by atoms with Gasteiger partial charge in [-0.2, -0.15) is 0 Å². The number of rotatable bonds is 32. The average Bonchev–Trinajstić information content (AvgIpc) is 3.30. The Morgan fingerprint density at radius 3 is 0.800 bits per heavy atom. The minimum Gasteiger partial charge on any atom is -0.381 e. The van der Waals surface area contributed by atoms with Gasteiger partial charge in [0, 0.05) is 79.3 Å². The molecule has 0 amide bonds. The molecule has 4 heterocycles. The summed E-state index contributed by atoms with van der Waals surface area (Å²) in [5.74, 6) is 2.17. The van der Waals surface area contributed by atoms with Crippen molar-refractivity contribution in [2.45, 2.75) is 154 Å². The molecule has 12 nitrogen and oxygen atoms in total. The lowest BCUT2D eigenvalue weighted by atomic mass is 9.53. The van der Waals surface area contributed by atoms with Crippen molar-refractivity contribution in [2.24, 2.45) is 35.5 Å². The number of hydrogen-bond acceptors (Lipinski definition) is 12. The molecule has 0 radical (unpaired) electrons. The van der Waals surface area contributed by atoms with Crippen LogP contribution in [0.25, 0.3) is 0 Å². The smallest absolute Gasteiger partial charge is 0.157 e. The lowest BCUT2D eigenvalue weighted by Crippen LogP contribution is -2.53. The second-order valence-electron chi connectivity index (χ2n) is 18.0. The van der Waals surface area contributed by atoms with Crippen LogP contribution in [-0.2, 0) is 56.8 Å². The second kappa shape index (κ2) is 30.4. The van der Waals surface area contributed by atoms with Gasteiger partial charge in [-0.05, 0) is 164 Å². The molecule has 10 atom stereocenters. The summed E-state index contributed by atoms with van der Waals surface area (Å²) < 4.78 is 73.0. The average molecular weight is 853 g/mol. The maximum absolute atomic E-state index is 6.53. The van der Waals surface area contributed by atoms with Crippen LogP contribution in [0.4, 0.5) is 0 Å². The van der Waals surface area contributed by atoms with Crippen molar-refractivity contribution in [1.82, 2.24) is 0 Å². The summed E-state index contributed by atoms with van der Waals surface area (Å²) in [6, 6.07) is 0. The molecule has 7 aliphatic rings. The fraction of sp³-hybridized carbons (Fsp3) is 0.958. The van der Waals surface area contributed by atoms with E-state index in [-0.39, 0.29) is 25.2 Å². The van der Waals surface area contributed by atoms with Gasteiger partial charge in [0.1, 0.15) is 0 Å². The van der Waals surface area contributed by atoms with Gasteiger partial charge in [0.05, 0.1) is 26.4 Å². The first-order valence-corrected chi connectivity index (χ1v) is 24.8. The zero-order chi connectivity index (χ0) is 41.1. The van der Waals surface area contributed by atoms with E-state index < -0.39 is 0 Å². The van der Waals surface area contributed by atoms with E-state index in [1.165, 1.54) is 25.7 Å². The Labute approximate surface area is 363 Å². The van der Waals surface area contributed by atoms with E-state index >= 15 is 0 Å². The predicted octanol–water partition coefficient (Wildman–Crippen LogP) is 8.63. The summed E-state index contributed by atoms with van der Waals surface area (Å²) in [7, 11) is 0. The fourth-order valence-electron chi connectivity index (χ4n) is 9.88. The highest BCUT2D eigenvalue weighted by atomic mass is 16.7. The topological polar surface area (TPSA) is 111 Å². The van der Waals surface area contributed by atoms with Crippen molar-refractivity contribution < 1.29 is 56.8 Å². The molecule has 0 aromatic heterocycles. The molecule has 0 N–H and O–H groups in total. The van der Waals surface area contributed by atoms with Gasteiger partial charge >= 0.3 is 0 Å². The van der Waals surface area contributed by atoms with Crippen molar-refractivity contribution in [1.29, 1.82) is 0 Å². The molecule has 4 aliphatic heterocycles. The third-order valence-electron chi connectivity index (χ3n) is 13.4. The standard InChI is InChI=1S/C48H84O12/c1-5-27-53-45(17-1)57-31-13-9-23-49-35-41-39-21-22-40(42(41)36-50-24-10-14-32-58-46-18-2-6-28-54-46)44(38-52-26-12-16-34-60-48-20-4-8-30-56-48)43(39)37-51-25-11-15-33-59-47-19-3-7-29-55-47/h21-22,39-48H,1-20,23-38H2/t39?,40?,41-,42+,43+,44-,45?,46?,47?,48?. The normalized spacial score (nSPS) is 32.1. The van der Waals surface area contributed by atoms with E-state index in [0.717, 1.165) is 208 Å². The Morgan fingerprint density at radius 1 is 0.317 bits per heavy atom. The Kier molecular flexibility index (Phi) is 24.7. The molecule has 0 aromatic carbocycles. The fourth-order valence-corrected chi connectivity index (χ4v) is 9.88. The molecule has 6 unspecified atom stereocenters. The van der Waals surface area contributed by atoms with Gasteiger partial charge < -0.3 is 56.8 Å². The van der Waals surface area contributed by atoms with Gasteiger partial charge in [-0.25, -0.2) is 0 Å². The quantitative estimate of drug-likeness (QED) is 0.0478. The molecule has 0 spiro atoms. The highest BCUT2D eigenvalue weighted by Crippen LogP contribution is 2.52. The van der Waals surface area contributed by atoms with E-state index in [9.17, 15) is 0 Å². The Hall–Kier alpha value is -0.740. The zero-order valence-electron chi connectivity index (χ0n) is 37.3. The summed E-state index contributed by atoms with van der Waals surface area (Å²) >= 11 is 0. The van der Waals surface area contributed by atoms with Crippen LogP contribution in [0.1, 0.15) is 128 Å². The molecule has 1 saturated carbocycles. The second-order valence-corrected chi connectivity index (χ2v) is 18.0. The van der Waals surface area contributed by atoms with Crippen LogP contribution in [0, 0.1) is 35.5 Å². The summed E-state index contributed by atoms with van der Waals surface area (Å²) in [4.78, 5) is 0. The maximum atomic E-state index is 6.53. The van der Waals surface area contributed by atoms with Gasteiger partial charge in [0.15, 0.2) is 25.2 Å². The molecule has 4 saturated heterocycles. The van der Waals surface area contributed by atoms with Crippen LogP contribution < -0.4 is 0 Å². The van der Waals surface area contributed by atoms with Crippen LogP contribution in [0.15, 0.2) is 12.2 Å². The van der Waals surface area contributed by atoms with Gasteiger partial charge in [-0.15, -0.1) is 0 Å². The summed E-state index contributed by atoms with van der Waals surface area (Å²) in [6.07, 6.45) is 26.1. The van der Waals surface area contributed by atoms with E-state index in [0.29, 0.717) is 35.5 Å². The third kappa shape index (κ3) is 18.0. The minimum atomic E-state index is -0.0284. The molecule has 2 bridgehead atoms. The van der Waals surface area contributed by atoms with Crippen LogP contribution in [0.2, 0.25) is 0 Å². The van der Waals surface area contributed by atoms with E-state index in [1.807, 2.05) is 0 Å². The van der Waals surface area contributed by atoms with Crippen molar-refractivity contribution in [2.75, 3.05) is 106 Å². The largest absolute Gasteiger partial charge is 0.381 e. The molecular formula is C48H84O12. The van der Waals surface area contributed by atoms with Gasteiger partial charge in [-0.1, -0.05) is 12.2 Å². The molecule has 60 heavy (non-hydrogen) atoms. The van der Waals surface area contributed by atoms with Crippen LogP contribution in [-0.4, -0.2) is 131 Å². The lowest BCUT2D eigenvalue weighted by molar-refractivity contribution is -0.163. The molecule has 0 aromatic rings. The molecule has 12 heteroatoms. The van der Waals surface area contributed by atoms with Crippen molar-refractivity contribution in [3.63, 3.8) is 0 Å². The first-order chi connectivity index (χ1) is 29.8. The maximum Gasteiger partial charge on any atom is 0.157 e. The van der Waals surface area contributed by atoms with Gasteiger partial charge in [0.2, 0.25) is 0 Å².